The lowest BCUT2D eigenvalue weighted by atomic mass is 10.5. The van der Waals surface area contributed by atoms with Crippen molar-refractivity contribution in [2.24, 2.45) is 0 Å². The standard InChI is InChI=1S/C5H6P/c1-5-3-2-4-6-5/h2-4H,1H3/q-1. The van der Waals surface area contributed by atoms with E-state index in [4.69, 9.17) is 0 Å². The third kappa shape index (κ3) is 0.636. The van der Waals surface area contributed by atoms with Crippen LogP contribution in [0.1, 0.15) is 5.30 Å². The summed E-state index contributed by atoms with van der Waals surface area (Å²) in [6, 6.07) is 4.21. The van der Waals surface area contributed by atoms with Gasteiger partial charge < -0.3 is 8.19 Å². The fourth-order valence-corrected chi connectivity index (χ4v) is 0.965. The first-order valence-electron chi connectivity index (χ1n) is 1.94. The van der Waals surface area contributed by atoms with Gasteiger partial charge in [-0.05, 0) is 0 Å². The second kappa shape index (κ2) is 1.49. The molecule has 0 nitrogen and oxygen atoms in total. The molecular weight excluding hydrogens is 91.0 g/mol. The van der Waals surface area contributed by atoms with Crippen molar-refractivity contribution in [3.05, 3.63) is 23.2 Å². The molecule has 0 radical (unpaired) electrons. The van der Waals surface area contributed by atoms with Gasteiger partial charge in [-0.15, -0.1) is 0 Å². The van der Waals surface area contributed by atoms with Gasteiger partial charge in [0.1, 0.15) is 0 Å². The predicted octanol–water partition coefficient (Wildman–Crippen LogP) is 2.29. The predicted molar refractivity (Wildman–Crippen MR) is 29.3 cm³/mol. The van der Waals surface area contributed by atoms with Crippen LogP contribution in [0, 0.1) is 6.92 Å². The average molecular weight is 97.1 g/mol. The topological polar surface area (TPSA) is 0 Å². The Morgan fingerprint density at radius 1 is 1.67 bits per heavy atom. The molecule has 0 atom stereocenters. The minimum atomic E-state index is 1.37. The molecule has 1 heteroatoms. The smallest absolute Gasteiger partial charge is 0.0695 e. The number of rotatable bonds is 0. The summed E-state index contributed by atoms with van der Waals surface area (Å²) in [5.41, 5.74) is 0. The van der Waals surface area contributed by atoms with Gasteiger partial charge in [-0.3, -0.25) is 0 Å². The highest BCUT2D eigenvalue weighted by Gasteiger charge is 1.58. The van der Waals surface area contributed by atoms with Crippen molar-refractivity contribution >= 4 is 8.19 Å². The summed E-state index contributed by atoms with van der Waals surface area (Å²) >= 11 is 0. The van der Waals surface area contributed by atoms with Crippen molar-refractivity contribution < 1.29 is 0 Å². The largest absolute Gasteiger partial charge is 0.528 e. The Kier molecular flexibility index (Phi) is 0.979. The molecule has 1 rings (SSSR count). The van der Waals surface area contributed by atoms with Gasteiger partial charge in [-0.25, -0.2) is 11.1 Å². The summed E-state index contributed by atoms with van der Waals surface area (Å²) in [7, 11) is 1.37. The lowest BCUT2D eigenvalue weighted by Gasteiger charge is -1.86. The minimum Gasteiger partial charge on any atom is -0.528 e. The van der Waals surface area contributed by atoms with Crippen molar-refractivity contribution in [3.63, 3.8) is 0 Å². The molecule has 0 aliphatic heterocycles. The summed E-state index contributed by atoms with van der Waals surface area (Å²) in [4.78, 5) is 0. The molecule has 0 amide bonds. The molecule has 0 spiro atoms. The van der Waals surface area contributed by atoms with Crippen LogP contribution in [0.25, 0.3) is 0 Å². The Balaban J connectivity index is 3.05. The monoisotopic (exact) mass is 97.0 g/mol. The van der Waals surface area contributed by atoms with Crippen molar-refractivity contribution in [2.45, 2.75) is 6.92 Å². The summed E-state index contributed by atoms with van der Waals surface area (Å²) in [6.45, 7) is 2.13. The van der Waals surface area contributed by atoms with Gasteiger partial charge in [0.25, 0.3) is 0 Å². The van der Waals surface area contributed by atoms with Crippen molar-refractivity contribution in [1.29, 1.82) is 0 Å². The molecule has 1 aromatic rings. The van der Waals surface area contributed by atoms with Gasteiger partial charge in [0.2, 0.25) is 0 Å². The molecule has 1 aromatic heterocycles. The first-order valence-corrected chi connectivity index (χ1v) is 2.90. The highest BCUT2D eigenvalue weighted by molar-refractivity contribution is 7.30. The van der Waals surface area contributed by atoms with E-state index in [1.807, 2.05) is 0 Å². The van der Waals surface area contributed by atoms with Gasteiger partial charge in [-0.2, -0.15) is 0 Å². The summed E-state index contributed by atoms with van der Waals surface area (Å²) in [6.07, 6.45) is 0. The minimum absolute atomic E-state index is 1.37. The van der Waals surface area contributed by atoms with Crippen LogP contribution >= 0.6 is 8.19 Å². The summed E-state index contributed by atoms with van der Waals surface area (Å²) in [5, 5.41) is 1.44. The molecule has 0 saturated heterocycles. The van der Waals surface area contributed by atoms with Crippen molar-refractivity contribution in [1.82, 2.24) is 0 Å². The number of hydrogen-bond donors (Lipinski definition) is 0. The molecule has 0 bridgehead atoms. The van der Waals surface area contributed by atoms with E-state index < -0.39 is 0 Å². The van der Waals surface area contributed by atoms with Crippen LogP contribution in [-0.4, -0.2) is 0 Å². The maximum Gasteiger partial charge on any atom is -0.0695 e. The van der Waals surface area contributed by atoms with E-state index in [0.717, 1.165) is 0 Å². The molecule has 0 aromatic carbocycles. The summed E-state index contributed by atoms with van der Waals surface area (Å²) in [5.74, 6) is 2.13. The zero-order valence-corrected chi connectivity index (χ0v) is 4.57. The van der Waals surface area contributed by atoms with E-state index in [0.29, 0.717) is 0 Å². The van der Waals surface area contributed by atoms with E-state index in [9.17, 15) is 0 Å². The fraction of sp³-hybridized carbons (Fsp3) is 0.200. The zero-order valence-electron chi connectivity index (χ0n) is 3.68. The van der Waals surface area contributed by atoms with Crippen LogP contribution in [0.2, 0.25) is 0 Å². The molecule has 1 heterocycles. The molecule has 0 aliphatic rings. The second-order valence-electron chi connectivity index (χ2n) is 1.28. The lowest BCUT2D eigenvalue weighted by molar-refractivity contribution is 1.64. The maximum absolute atomic E-state index is 2.13. The Morgan fingerprint density at radius 2 is 2.50 bits per heavy atom. The molecule has 0 fully saturated rings. The van der Waals surface area contributed by atoms with Crippen LogP contribution in [0.4, 0.5) is 0 Å². The Hall–Kier alpha value is -0.220. The van der Waals surface area contributed by atoms with Crippen LogP contribution < -0.4 is 0 Å². The molecule has 0 N–H and O–H groups in total. The van der Waals surface area contributed by atoms with Crippen LogP contribution in [0.3, 0.4) is 0 Å². The van der Waals surface area contributed by atoms with E-state index in [1.54, 1.807) is 0 Å². The number of aryl methyl sites for hydroxylation is 1. The lowest BCUT2D eigenvalue weighted by Crippen LogP contribution is -1.41. The zero-order chi connectivity index (χ0) is 4.41. The van der Waals surface area contributed by atoms with Gasteiger partial charge in [-0.1, -0.05) is 19.1 Å². The molecule has 6 heavy (non-hydrogen) atoms. The van der Waals surface area contributed by atoms with Gasteiger partial charge >= 0.3 is 0 Å². The first kappa shape index (κ1) is 3.95. The maximum atomic E-state index is 2.13. The van der Waals surface area contributed by atoms with Crippen LogP contribution in [0.15, 0.2) is 17.9 Å². The Labute approximate surface area is 39.3 Å². The van der Waals surface area contributed by atoms with Crippen LogP contribution in [0.5, 0.6) is 0 Å². The van der Waals surface area contributed by atoms with Gasteiger partial charge in [0, 0.05) is 0 Å². The molecule has 0 unspecified atom stereocenters. The van der Waals surface area contributed by atoms with E-state index in [-0.39, 0.29) is 0 Å². The molecule has 0 aliphatic carbocycles. The van der Waals surface area contributed by atoms with Gasteiger partial charge in [0.15, 0.2) is 0 Å². The third-order valence-corrected chi connectivity index (χ3v) is 1.58. The molecule has 32 valence electrons. The first-order chi connectivity index (χ1) is 2.89. The Morgan fingerprint density at radius 3 is 2.67 bits per heavy atom. The average Bonchev–Trinajstić information content (AvgIpc) is 1.86. The Bertz CT molecular complexity index is 107. The second-order valence-corrected chi connectivity index (χ2v) is 2.54. The van der Waals surface area contributed by atoms with Gasteiger partial charge in [0.05, 0.1) is 0 Å². The molecular formula is C5H6P-. The highest BCUT2D eigenvalue weighted by atomic mass is 31.0. The number of hydrogen-bond acceptors (Lipinski definition) is 0. The SMILES string of the molecule is Cc1ccc[p-]1. The normalized spacial score (nSPS) is 10.2. The quantitative estimate of drug-likeness (QED) is 0.466. The van der Waals surface area contributed by atoms with Crippen molar-refractivity contribution in [3.8, 4) is 0 Å². The highest BCUT2D eigenvalue weighted by Crippen LogP contribution is 2.10. The molecule has 0 saturated carbocycles. The van der Waals surface area contributed by atoms with E-state index in [1.165, 1.54) is 13.5 Å². The third-order valence-electron chi connectivity index (χ3n) is 0.702. The van der Waals surface area contributed by atoms with E-state index >= 15 is 0 Å². The fourth-order valence-electron chi connectivity index (χ4n) is 0.386. The summed E-state index contributed by atoms with van der Waals surface area (Å²) < 4.78 is 0. The van der Waals surface area contributed by atoms with Crippen LogP contribution in [-0.2, 0) is 0 Å². The van der Waals surface area contributed by atoms with Crippen molar-refractivity contribution in [2.75, 3.05) is 0 Å². The van der Waals surface area contributed by atoms with E-state index in [2.05, 4.69) is 24.9 Å².